The number of primary amides is 5. The number of H-pyrrole nitrogens is 3. The summed E-state index contributed by atoms with van der Waals surface area (Å²) in [5, 5.41) is 69.0. The maximum absolute atomic E-state index is 11.9. The van der Waals surface area contributed by atoms with Gasteiger partial charge in [-0.3, -0.25) is 38.9 Å². The van der Waals surface area contributed by atoms with Crippen LogP contribution >= 0.6 is 0 Å². The Balaban J connectivity index is 0.000000297. The number of hydrogen-bond donors (Lipinski definition) is 20. The third-order valence-electron chi connectivity index (χ3n) is 17.0. The maximum Gasteiger partial charge on any atom is 0.254 e. The number of carbonyl (C=O) groups is 5. The standard InChI is InChI=1S/5C16H27N5O2/c5*1-9-5-6-10(7-12(9)22)19-14-11(13(17)23)8-18-15(20-14)21-16(2,3)4/h5*8-10,12,22H,5-7H2,1-4H3,(H2,17,23)(H2,18,19,20,21)/i1D3,5D2,6D2,7D2,9D,10D,12D;2D3,3D3,4D3,8D;1D3,5D2,7D2,12D;2D3,3D3,8D;2D3,8D. The number of nitrogens with zero attached hydrogens (tertiary/aromatic N) is 10. The summed E-state index contributed by atoms with van der Waals surface area (Å²) >= 11 is 0. The molecule has 5 fully saturated rings. The maximum atomic E-state index is 11.9. The Hall–Kier alpha value is -9.45. The highest BCUT2D eigenvalue weighted by Gasteiger charge is 2.33. The Kier molecular flexibility index (Phi) is 17.9. The van der Waals surface area contributed by atoms with Crippen LogP contribution in [0.4, 0.5) is 41.4 Å². The number of aliphatic hydroxyl groups is 5. The molecule has 0 spiro atoms. The van der Waals surface area contributed by atoms with Crippen LogP contribution in [0.1, 0.15) is 342 Å². The van der Waals surface area contributed by atoms with Gasteiger partial charge < -0.3 is 106 Å². The molecule has 5 aromatic heterocycles. The van der Waals surface area contributed by atoms with Gasteiger partial charge in [-0.15, -0.1) is 0 Å². The Bertz CT molecular complexity index is 6070. The highest BCUT2D eigenvalue weighted by Crippen LogP contribution is 2.32. The van der Waals surface area contributed by atoms with Crippen molar-refractivity contribution in [2.45, 2.75) is 322 Å². The van der Waals surface area contributed by atoms with Crippen molar-refractivity contribution in [2.24, 2.45) is 73.2 Å². The Morgan fingerprint density at radius 3 is 1.17 bits per heavy atom. The predicted molar refractivity (Wildman–Crippen MR) is 447 cm³/mol. The molecular formula is C80H135N25O10. The number of nitrogens with one attached hydrogen (secondary N) is 10. The number of aromatic amines is 3. The van der Waals surface area contributed by atoms with Crippen LogP contribution in [0.15, 0.2) is 45.9 Å². The number of rotatable bonds is 17. The van der Waals surface area contributed by atoms with E-state index in [0.29, 0.717) is 38.5 Å². The number of hydrogen-bond acceptors (Lipinski definition) is 27. The van der Waals surface area contributed by atoms with E-state index in [0.717, 1.165) is 32.2 Å². The van der Waals surface area contributed by atoms with E-state index >= 15 is 0 Å². The molecule has 35 heteroatoms. The van der Waals surface area contributed by atoms with E-state index in [1.165, 1.54) is 13.8 Å². The van der Waals surface area contributed by atoms with Gasteiger partial charge in [0.05, 0.1) is 84.6 Å². The van der Waals surface area contributed by atoms with Gasteiger partial charge in [0.25, 0.3) is 29.5 Å². The lowest BCUT2D eigenvalue weighted by Gasteiger charge is -2.32. The highest BCUT2D eigenvalue weighted by molar-refractivity contribution is 5.98. The molecule has 640 valence electrons. The summed E-state index contributed by atoms with van der Waals surface area (Å²) in [6, 6.07) is -6.43. The van der Waals surface area contributed by atoms with E-state index in [1.807, 2.05) is 52.2 Å². The zero-order chi connectivity index (χ0) is 121. The predicted octanol–water partition coefficient (Wildman–Crippen LogP) is 7.00. The summed E-state index contributed by atoms with van der Waals surface area (Å²) in [6.07, 6.45) is -22.2. The summed E-state index contributed by atoms with van der Waals surface area (Å²) in [6.45, 7) is -5.59. The number of aromatic nitrogens is 10. The molecule has 25 N–H and O–H groups in total. The topological polar surface area (TPSA) is 575 Å². The van der Waals surface area contributed by atoms with Gasteiger partial charge >= 0.3 is 0 Å². The van der Waals surface area contributed by atoms with E-state index in [4.69, 9.17) is 84.9 Å². The molecule has 15 atom stereocenters. The first kappa shape index (κ1) is 50.2. The average molecular weight is 1650 g/mol. The molecule has 10 rings (SSSR count). The molecule has 5 aromatic rings. The van der Waals surface area contributed by atoms with Crippen LogP contribution in [0.3, 0.4) is 0 Å². The number of nitrogens with two attached hydrogens (primary N) is 5. The van der Waals surface area contributed by atoms with Crippen molar-refractivity contribution in [2.75, 3.05) is 37.2 Å². The number of amides is 5. The van der Waals surface area contributed by atoms with Crippen LogP contribution in [-0.2, 0) is 0 Å². The van der Waals surface area contributed by atoms with Crippen LogP contribution in [-0.4, -0.2) is 193 Å². The largest absolute Gasteiger partial charge is 0.393 e. The van der Waals surface area contributed by atoms with Gasteiger partial charge in [-0.05, 0) is 229 Å². The van der Waals surface area contributed by atoms with E-state index in [-0.39, 0.29) is 99.0 Å². The molecule has 0 radical (unpaired) electrons. The molecule has 35 nitrogen and oxygen atoms in total. The zero-order valence-electron chi connectivity index (χ0n) is 107. The third kappa shape index (κ3) is 31.9. The van der Waals surface area contributed by atoms with Crippen LogP contribution < -0.4 is 82.3 Å². The second-order valence-corrected chi connectivity index (χ2v) is 30.7. The lowest BCUT2D eigenvalue weighted by molar-refractivity contribution is 0.0702. The SMILES string of the molecule is [2H]C([2H])([2H])C1([2H])C([2H])([2H])C([2H])([2H])C([2H])(Nc2nc(NC(C)(C)C)ncc2C(N)=O)C([2H])([2H])C1([2H])O.[2H]C([2H])([2H])C1C([2H])([2H])CC(Nc2nc(NC(C)(C)C)ncc2C(N)=O)C([2H])([2H])C1([2H])O.[2H]c1nc(NC(C([2H])([2H])[2H])(C([2H])([2H])[2H])C([2H])([2H])[2H])[nH]c(=NC2CCC(C)C(O)C2)c1C(N)=O.[2H]c1nc(NC(C)(C([2H])([2H])[2H])C([2H])([2H])[2H])[nH]c(=NC2CCC(C)C(O)C2)c1C(N)=O.[2H]c1nc(NC(C)(C)C([2H])([2H])[2H])[nH]c(=NC2CCC(C)C(O)C2)c1C(N)=O. The van der Waals surface area contributed by atoms with Crippen LogP contribution in [0.2, 0.25) is 0 Å². The highest BCUT2D eigenvalue weighted by atomic mass is 16.3. The second kappa shape index (κ2) is 40.9. The van der Waals surface area contributed by atoms with E-state index < -0.39 is 252 Å². The first-order valence-corrected chi connectivity index (χ1v) is 36.2. The van der Waals surface area contributed by atoms with Crippen molar-refractivity contribution in [1.82, 2.24) is 49.8 Å². The fourth-order valence-electron chi connectivity index (χ4n) is 11.1. The van der Waals surface area contributed by atoms with Crippen molar-refractivity contribution in [3.63, 3.8) is 0 Å². The summed E-state index contributed by atoms with van der Waals surface area (Å²) in [7, 11) is 0. The first-order chi connectivity index (χ1) is 69.6. The van der Waals surface area contributed by atoms with Gasteiger partial charge in [0.1, 0.15) is 28.1 Å². The van der Waals surface area contributed by atoms with Gasteiger partial charge in [-0.2, -0.15) is 9.97 Å². The van der Waals surface area contributed by atoms with Crippen molar-refractivity contribution in [1.29, 1.82) is 0 Å². The van der Waals surface area contributed by atoms with Crippen molar-refractivity contribution in [3.05, 3.63) is 75.2 Å². The normalized spacial score (nSPS) is 36.5. The first-order valence-electron chi connectivity index (χ1n) is 56.7. The van der Waals surface area contributed by atoms with Crippen LogP contribution in [0.5, 0.6) is 0 Å². The molecule has 5 heterocycles. The lowest BCUT2D eigenvalue weighted by Crippen LogP contribution is -2.36. The second-order valence-electron chi connectivity index (χ2n) is 30.7. The zero-order valence-corrected chi connectivity index (χ0v) is 65.7. The fourth-order valence-corrected chi connectivity index (χ4v) is 11.1. The number of carbonyl (C=O) groups excluding carboxylic acids is 5. The quantitative estimate of drug-likeness (QED) is 0.0445. The minimum atomic E-state index is -4.22. The monoisotopic (exact) mass is 1650 g/mol. The molecule has 115 heavy (non-hydrogen) atoms. The summed E-state index contributed by atoms with van der Waals surface area (Å²) in [5.41, 5.74) is 16.4. The average Bonchev–Trinajstić information content (AvgIpc) is 0.647. The molecule has 5 aliphatic carbocycles. The van der Waals surface area contributed by atoms with E-state index in [9.17, 15) is 49.5 Å². The molecule has 15 unspecified atom stereocenters. The molecule has 0 bridgehead atoms. The molecular weight excluding hydrogens is 1470 g/mol. The van der Waals surface area contributed by atoms with Crippen LogP contribution in [0, 0.1) is 29.6 Å². The van der Waals surface area contributed by atoms with Gasteiger partial charge in [0.15, 0.2) is 0 Å². The third-order valence-corrected chi connectivity index (χ3v) is 17.0. The van der Waals surface area contributed by atoms with Crippen molar-refractivity contribution in [3.8, 4) is 0 Å². The molecule has 0 saturated heterocycles. The number of aliphatic hydroxyl groups excluding tert-OH is 3. The fraction of sp³-hybridized carbons (Fsp3) is 0.688. The molecule has 0 aliphatic heterocycles. The Labute approximate surface area is 733 Å². The molecule has 5 aliphatic rings. The Morgan fingerprint density at radius 2 is 0.826 bits per heavy atom. The van der Waals surface area contributed by atoms with E-state index in [1.54, 1.807) is 20.8 Å². The smallest absolute Gasteiger partial charge is 0.254 e. The summed E-state index contributed by atoms with van der Waals surface area (Å²) < 4.78 is 323. The summed E-state index contributed by atoms with van der Waals surface area (Å²) in [4.78, 5) is 108. The van der Waals surface area contributed by atoms with Gasteiger partial charge in [-0.1, -0.05) is 34.5 Å². The van der Waals surface area contributed by atoms with Crippen LogP contribution in [0.25, 0.3) is 0 Å². The number of anilines is 7. The van der Waals surface area contributed by atoms with Crippen molar-refractivity contribution < 1.29 is 106 Å². The lowest BCUT2D eigenvalue weighted by atomic mass is 9.85. The molecule has 5 saturated carbocycles. The van der Waals surface area contributed by atoms with Gasteiger partial charge in [-0.25, -0.2) is 24.9 Å². The minimum Gasteiger partial charge on any atom is -0.393 e. The minimum absolute atomic E-state index is 0.00889. The van der Waals surface area contributed by atoms with Gasteiger partial charge in [0.2, 0.25) is 29.7 Å². The van der Waals surface area contributed by atoms with E-state index in [2.05, 4.69) is 91.4 Å². The summed E-state index contributed by atoms with van der Waals surface area (Å²) in [5.74, 6) is -13.2. The van der Waals surface area contributed by atoms with Crippen molar-refractivity contribution >= 4 is 70.9 Å². The molecule has 0 aromatic carbocycles. The molecule has 5 amide bonds. The van der Waals surface area contributed by atoms with Gasteiger partial charge in [0, 0.05) is 119 Å². The Morgan fingerprint density at radius 1 is 0.452 bits per heavy atom.